The largest absolute Gasteiger partial charge is 0.463 e. The summed E-state index contributed by atoms with van der Waals surface area (Å²) in [6, 6.07) is 0. The lowest BCUT2D eigenvalue weighted by atomic mass is 9.99. The van der Waals surface area contributed by atoms with Crippen LogP contribution in [0.25, 0.3) is 0 Å². The maximum atomic E-state index is 11.3. The van der Waals surface area contributed by atoms with Crippen molar-refractivity contribution in [1.82, 2.24) is 0 Å². The summed E-state index contributed by atoms with van der Waals surface area (Å²) in [6.45, 7) is 2.17. The molecule has 0 heterocycles. The molecule has 0 fully saturated rings. The van der Waals surface area contributed by atoms with Crippen molar-refractivity contribution in [3.63, 3.8) is 0 Å². The normalized spacial score (nSPS) is 21.0. The molecule has 0 bridgehead atoms. The number of allylic oxidation sites excluding steroid dienone is 1. The van der Waals surface area contributed by atoms with Crippen LogP contribution >= 0.6 is 0 Å². The van der Waals surface area contributed by atoms with E-state index in [1.54, 1.807) is 6.92 Å². The van der Waals surface area contributed by atoms with Gasteiger partial charge in [0.2, 0.25) is 0 Å². The van der Waals surface area contributed by atoms with Gasteiger partial charge in [-0.2, -0.15) is 0 Å². The zero-order valence-corrected chi connectivity index (χ0v) is 7.79. The molecule has 0 saturated heterocycles. The molecule has 0 spiro atoms. The fraction of sp³-hybridized carbons (Fsp3) is 0.600. The molecule has 1 atom stereocenters. The minimum absolute atomic E-state index is 0.0940. The molecule has 3 nitrogen and oxygen atoms in total. The Morgan fingerprint density at radius 1 is 1.77 bits per heavy atom. The highest BCUT2D eigenvalue weighted by Gasteiger charge is 2.25. The maximum absolute atomic E-state index is 11.3. The lowest BCUT2D eigenvalue weighted by Gasteiger charge is -2.09. The Morgan fingerprint density at radius 2 is 2.54 bits per heavy atom. The van der Waals surface area contributed by atoms with Crippen molar-refractivity contribution in [1.29, 1.82) is 0 Å². The molecular weight excluding hydrogens is 168 g/mol. The number of hydrogen-bond acceptors (Lipinski definition) is 3. The third-order valence-electron chi connectivity index (χ3n) is 2.21. The molecule has 0 radical (unpaired) electrons. The molecule has 1 rings (SSSR count). The van der Waals surface area contributed by atoms with Crippen molar-refractivity contribution < 1.29 is 14.3 Å². The van der Waals surface area contributed by atoms with E-state index in [9.17, 15) is 9.59 Å². The van der Waals surface area contributed by atoms with Gasteiger partial charge in [0.05, 0.1) is 6.61 Å². The summed E-state index contributed by atoms with van der Waals surface area (Å²) in [5.74, 6) is -0.164. The number of carbonyl (C=O) groups excluding carboxylic acids is 2. The predicted octanol–water partition coefficient (Wildman–Crippen LogP) is 1.47. The van der Waals surface area contributed by atoms with Gasteiger partial charge >= 0.3 is 5.97 Å². The van der Waals surface area contributed by atoms with E-state index in [-0.39, 0.29) is 11.9 Å². The van der Waals surface area contributed by atoms with Crippen LogP contribution in [-0.2, 0) is 14.3 Å². The standard InChI is InChI=1S/C10H14O3/c1-2-13-10(12)9-5-3-4-8(9)6-7-11/h5,7-8H,2-4,6H2,1H3/t8-/m1/s1. The first kappa shape index (κ1) is 9.96. The van der Waals surface area contributed by atoms with E-state index in [1.807, 2.05) is 6.08 Å². The van der Waals surface area contributed by atoms with Gasteiger partial charge in [-0.05, 0) is 25.7 Å². The van der Waals surface area contributed by atoms with E-state index in [1.165, 1.54) is 0 Å². The Bertz CT molecular complexity index is 230. The molecule has 0 unspecified atom stereocenters. The van der Waals surface area contributed by atoms with Gasteiger partial charge in [0.15, 0.2) is 0 Å². The molecule has 1 aliphatic rings. The van der Waals surface area contributed by atoms with E-state index in [4.69, 9.17) is 4.74 Å². The topological polar surface area (TPSA) is 43.4 Å². The average Bonchev–Trinajstić information content (AvgIpc) is 2.54. The Morgan fingerprint density at radius 3 is 3.15 bits per heavy atom. The number of ether oxygens (including phenoxy) is 1. The van der Waals surface area contributed by atoms with E-state index in [0.29, 0.717) is 18.6 Å². The molecule has 72 valence electrons. The summed E-state index contributed by atoms with van der Waals surface area (Å²) >= 11 is 0. The van der Waals surface area contributed by atoms with Crippen LogP contribution in [0.1, 0.15) is 26.2 Å². The van der Waals surface area contributed by atoms with Gasteiger partial charge in [-0.3, -0.25) is 0 Å². The van der Waals surface area contributed by atoms with Gasteiger partial charge < -0.3 is 9.53 Å². The van der Waals surface area contributed by atoms with Crippen molar-refractivity contribution in [2.24, 2.45) is 5.92 Å². The second kappa shape index (κ2) is 4.80. The Labute approximate surface area is 77.8 Å². The van der Waals surface area contributed by atoms with E-state index in [2.05, 4.69) is 0 Å². The van der Waals surface area contributed by atoms with Crippen molar-refractivity contribution in [3.8, 4) is 0 Å². The van der Waals surface area contributed by atoms with Crippen LogP contribution in [-0.4, -0.2) is 18.9 Å². The number of carbonyl (C=O) groups is 2. The number of hydrogen-bond donors (Lipinski definition) is 0. The van der Waals surface area contributed by atoms with Gasteiger partial charge in [-0.25, -0.2) is 4.79 Å². The lowest BCUT2D eigenvalue weighted by molar-refractivity contribution is -0.139. The van der Waals surface area contributed by atoms with Crippen LogP contribution in [0, 0.1) is 5.92 Å². The maximum Gasteiger partial charge on any atom is 0.333 e. The Hall–Kier alpha value is -1.12. The highest BCUT2D eigenvalue weighted by Crippen LogP contribution is 2.28. The van der Waals surface area contributed by atoms with Gasteiger partial charge in [0.1, 0.15) is 6.29 Å². The van der Waals surface area contributed by atoms with Gasteiger partial charge in [0, 0.05) is 12.0 Å². The molecule has 0 aromatic heterocycles. The first-order valence-corrected chi connectivity index (χ1v) is 4.60. The van der Waals surface area contributed by atoms with Crippen molar-refractivity contribution in [3.05, 3.63) is 11.6 Å². The Balaban J connectivity index is 2.56. The molecule has 0 saturated carbocycles. The summed E-state index contributed by atoms with van der Waals surface area (Å²) in [7, 11) is 0. The predicted molar refractivity (Wildman–Crippen MR) is 48.1 cm³/mol. The first-order chi connectivity index (χ1) is 6.29. The minimum Gasteiger partial charge on any atom is -0.463 e. The van der Waals surface area contributed by atoms with Crippen molar-refractivity contribution >= 4 is 12.3 Å². The molecule has 3 heteroatoms. The van der Waals surface area contributed by atoms with Crippen LogP contribution in [0.4, 0.5) is 0 Å². The van der Waals surface area contributed by atoms with Gasteiger partial charge in [-0.1, -0.05) is 6.08 Å². The molecule has 0 aliphatic heterocycles. The van der Waals surface area contributed by atoms with Crippen LogP contribution in [0.3, 0.4) is 0 Å². The summed E-state index contributed by atoms with van der Waals surface area (Å²) in [5, 5.41) is 0. The van der Waals surface area contributed by atoms with Crippen LogP contribution in [0.15, 0.2) is 11.6 Å². The quantitative estimate of drug-likeness (QED) is 0.488. The molecule has 1 aliphatic carbocycles. The zero-order valence-electron chi connectivity index (χ0n) is 7.79. The summed E-state index contributed by atoms with van der Waals surface area (Å²) in [4.78, 5) is 21.6. The molecule has 0 aromatic rings. The zero-order chi connectivity index (χ0) is 9.68. The molecule has 0 N–H and O–H groups in total. The third kappa shape index (κ3) is 2.41. The minimum atomic E-state index is -0.258. The smallest absolute Gasteiger partial charge is 0.333 e. The number of aldehydes is 1. The van der Waals surface area contributed by atoms with Crippen molar-refractivity contribution in [2.75, 3.05) is 6.61 Å². The summed E-state index contributed by atoms with van der Waals surface area (Å²) < 4.78 is 4.88. The van der Waals surface area contributed by atoms with E-state index >= 15 is 0 Å². The SMILES string of the molecule is CCOC(=O)C1=CCC[C@@H]1CC=O. The fourth-order valence-electron chi connectivity index (χ4n) is 1.59. The average molecular weight is 182 g/mol. The fourth-order valence-corrected chi connectivity index (χ4v) is 1.59. The molecule has 0 aromatic carbocycles. The van der Waals surface area contributed by atoms with Crippen LogP contribution < -0.4 is 0 Å². The number of esters is 1. The highest BCUT2D eigenvalue weighted by atomic mass is 16.5. The van der Waals surface area contributed by atoms with E-state index in [0.717, 1.165) is 19.1 Å². The van der Waals surface area contributed by atoms with Gasteiger partial charge in [-0.15, -0.1) is 0 Å². The summed E-state index contributed by atoms with van der Waals surface area (Å²) in [6.07, 6.45) is 4.96. The highest BCUT2D eigenvalue weighted by molar-refractivity contribution is 5.90. The molecule has 0 amide bonds. The third-order valence-corrected chi connectivity index (χ3v) is 2.21. The number of rotatable bonds is 4. The van der Waals surface area contributed by atoms with E-state index < -0.39 is 0 Å². The first-order valence-electron chi connectivity index (χ1n) is 4.60. The lowest BCUT2D eigenvalue weighted by Crippen LogP contribution is -2.13. The monoisotopic (exact) mass is 182 g/mol. The Kier molecular flexibility index (Phi) is 3.68. The second-order valence-corrected chi connectivity index (χ2v) is 3.06. The molecule has 13 heavy (non-hydrogen) atoms. The summed E-state index contributed by atoms with van der Waals surface area (Å²) in [5.41, 5.74) is 0.689. The van der Waals surface area contributed by atoms with Crippen LogP contribution in [0.5, 0.6) is 0 Å². The second-order valence-electron chi connectivity index (χ2n) is 3.06. The van der Waals surface area contributed by atoms with Crippen molar-refractivity contribution in [2.45, 2.75) is 26.2 Å². The van der Waals surface area contributed by atoms with Gasteiger partial charge in [0.25, 0.3) is 0 Å². The molecular formula is C10H14O3. The van der Waals surface area contributed by atoms with Crippen LogP contribution in [0.2, 0.25) is 0 Å².